The monoisotopic (exact) mass is 353 g/mol. The highest BCUT2D eigenvalue weighted by atomic mass is 35.5. The van der Waals surface area contributed by atoms with E-state index in [1.165, 1.54) is 0 Å². The number of carbonyl (C=O) groups is 2. The molecule has 0 spiro atoms. The standard InChI is InChI=1S/C17H23N3O3.ClH/c1-23-15-5-3-2-4-14(15)19-16(21)12-6-8-20(9-7-12)17(22)13-10-18-11-13;/h2-5,12-13,18H,6-11H2,1H3,(H,19,21);1H. The summed E-state index contributed by atoms with van der Waals surface area (Å²) in [5, 5.41) is 6.07. The van der Waals surface area contributed by atoms with Gasteiger partial charge in [0, 0.05) is 32.1 Å². The maximum absolute atomic E-state index is 12.4. The van der Waals surface area contributed by atoms with Gasteiger partial charge in [-0.05, 0) is 25.0 Å². The second kappa shape index (κ2) is 8.35. The van der Waals surface area contributed by atoms with E-state index in [1.54, 1.807) is 7.11 Å². The molecule has 2 saturated heterocycles. The molecule has 2 aliphatic rings. The summed E-state index contributed by atoms with van der Waals surface area (Å²) in [4.78, 5) is 26.5. The number of rotatable bonds is 4. The Bertz CT molecular complexity index is 584. The van der Waals surface area contributed by atoms with Gasteiger partial charge in [-0.15, -0.1) is 12.4 Å². The number of nitrogens with zero attached hydrogens (tertiary/aromatic N) is 1. The molecule has 0 bridgehead atoms. The number of hydrogen-bond donors (Lipinski definition) is 2. The summed E-state index contributed by atoms with van der Waals surface area (Å²) < 4.78 is 5.25. The summed E-state index contributed by atoms with van der Waals surface area (Å²) in [6.45, 7) is 2.90. The second-order valence-corrected chi connectivity index (χ2v) is 6.14. The molecule has 0 atom stereocenters. The Hall–Kier alpha value is -1.79. The molecular weight excluding hydrogens is 330 g/mol. The van der Waals surface area contributed by atoms with Gasteiger partial charge in [-0.1, -0.05) is 12.1 Å². The Balaban J connectivity index is 0.00000208. The Morgan fingerprint density at radius 1 is 1.17 bits per heavy atom. The van der Waals surface area contributed by atoms with Crippen molar-refractivity contribution in [2.75, 3.05) is 38.6 Å². The topological polar surface area (TPSA) is 70.7 Å². The molecule has 2 aliphatic heterocycles. The van der Waals surface area contributed by atoms with Crippen molar-refractivity contribution < 1.29 is 14.3 Å². The van der Waals surface area contributed by atoms with Crippen molar-refractivity contribution in [3.8, 4) is 5.75 Å². The van der Waals surface area contributed by atoms with E-state index in [-0.39, 0.29) is 36.1 Å². The summed E-state index contributed by atoms with van der Waals surface area (Å²) in [5.74, 6) is 0.975. The van der Waals surface area contributed by atoms with Crippen LogP contribution in [0.5, 0.6) is 5.75 Å². The molecule has 0 saturated carbocycles. The number of hydrogen-bond acceptors (Lipinski definition) is 4. The fraction of sp³-hybridized carbons (Fsp3) is 0.529. The van der Waals surface area contributed by atoms with E-state index in [4.69, 9.17) is 4.74 Å². The lowest BCUT2D eigenvalue weighted by Gasteiger charge is -2.36. The number of benzene rings is 1. The maximum Gasteiger partial charge on any atom is 0.228 e. The fourth-order valence-electron chi connectivity index (χ4n) is 3.07. The third kappa shape index (κ3) is 3.99. The number of piperidine rings is 1. The largest absolute Gasteiger partial charge is 0.495 e. The molecule has 2 amide bonds. The van der Waals surface area contributed by atoms with Crippen molar-refractivity contribution in [1.29, 1.82) is 0 Å². The van der Waals surface area contributed by atoms with Gasteiger partial charge in [-0.25, -0.2) is 0 Å². The molecule has 7 heteroatoms. The van der Waals surface area contributed by atoms with Crippen LogP contribution in [0.2, 0.25) is 0 Å². The van der Waals surface area contributed by atoms with Crippen LogP contribution in [-0.4, -0.2) is 50.0 Å². The van der Waals surface area contributed by atoms with Gasteiger partial charge >= 0.3 is 0 Å². The van der Waals surface area contributed by atoms with E-state index < -0.39 is 0 Å². The summed E-state index contributed by atoms with van der Waals surface area (Å²) in [5.41, 5.74) is 0.694. The SMILES string of the molecule is COc1ccccc1NC(=O)C1CCN(C(=O)C2CNC2)CC1.Cl. The number of ether oxygens (including phenoxy) is 1. The van der Waals surface area contributed by atoms with E-state index in [0.29, 0.717) is 37.4 Å². The third-order valence-electron chi connectivity index (χ3n) is 4.67. The van der Waals surface area contributed by atoms with Crippen LogP contribution in [0.1, 0.15) is 12.8 Å². The molecule has 1 aromatic rings. The van der Waals surface area contributed by atoms with Crippen LogP contribution in [0.15, 0.2) is 24.3 Å². The molecule has 3 rings (SSSR count). The molecule has 2 heterocycles. The maximum atomic E-state index is 12.4. The van der Waals surface area contributed by atoms with Crippen LogP contribution in [-0.2, 0) is 9.59 Å². The molecular formula is C17H24ClN3O3. The summed E-state index contributed by atoms with van der Waals surface area (Å²) >= 11 is 0. The van der Waals surface area contributed by atoms with Gasteiger partial charge < -0.3 is 20.3 Å². The normalized spacial score (nSPS) is 18.3. The second-order valence-electron chi connectivity index (χ2n) is 6.14. The number of likely N-dealkylation sites (tertiary alicyclic amines) is 1. The van der Waals surface area contributed by atoms with E-state index in [1.807, 2.05) is 29.2 Å². The zero-order valence-corrected chi connectivity index (χ0v) is 14.6. The van der Waals surface area contributed by atoms with Gasteiger partial charge in [-0.3, -0.25) is 9.59 Å². The van der Waals surface area contributed by atoms with Crippen LogP contribution in [0, 0.1) is 11.8 Å². The predicted octanol–water partition coefficient (Wildman–Crippen LogP) is 1.51. The molecule has 0 aromatic heterocycles. The zero-order valence-electron chi connectivity index (χ0n) is 13.8. The summed E-state index contributed by atoms with van der Waals surface area (Å²) in [6, 6.07) is 7.39. The highest BCUT2D eigenvalue weighted by Crippen LogP contribution is 2.26. The molecule has 0 aliphatic carbocycles. The lowest BCUT2D eigenvalue weighted by Crippen LogP contribution is -2.53. The number of methoxy groups -OCH3 is 1. The summed E-state index contributed by atoms with van der Waals surface area (Å²) in [7, 11) is 1.59. The minimum Gasteiger partial charge on any atom is -0.495 e. The minimum absolute atomic E-state index is 0. The first-order chi connectivity index (χ1) is 11.2. The lowest BCUT2D eigenvalue weighted by molar-refractivity contribution is -0.139. The van der Waals surface area contributed by atoms with Crippen molar-refractivity contribution in [3.05, 3.63) is 24.3 Å². The van der Waals surface area contributed by atoms with Crippen LogP contribution in [0.3, 0.4) is 0 Å². The number of nitrogens with one attached hydrogen (secondary N) is 2. The van der Waals surface area contributed by atoms with E-state index in [9.17, 15) is 9.59 Å². The van der Waals surface area contributed by atoms with E-state index in [2.05, 4.69) is 10.6 Å². The summed E-state index contributed by atoms with van der Waals surface area (Å²) in [6.07, 6.45) is 1.43. The van der Waals surface area contributed by atoms with E-state index in [0.717, 1.165) is 13.1 Å². The van der Waals surface area contributed by atoms with E-state index >= 15 is 0 Å². The van der Waals surface area contributed by atoms with Crippen LogP contribution in [0.25, 0.3) is 0 Å². The quantitative estimate of drug-likeness (QED) is 0.861. The number of para-hydroxylation sites is 2. The smallest absolute Gasteiger partial charge is 0.228 e. The Morgan fingerprint density at radius 2 is 1.83 bits per heavy atom. The average Bonchev–Trinajstić information content (AvgIpc) is 2.54. The first-order valence-electron chi connectivity index (χ1n) is 8.12. The first-order valence-corrected chi connectivity index (χ1v) is 8.12. The zero-order chi connectivity index (χ0) is 16.2. The van der Waals surface area contributed by atoms with Crippen LogP contribution in [0.4, 0.5) is 5.69 Å². The number of amides is 2. The van der Waals surface area contributed by atoms with Gasteiger partial charge in [0.2, 0.25) is 11.8 Å². The number of carbonyl (C=O) groups excluding carboxylic acids is 2. The van der Waals surface area contributed by atoms with Crippen LogP contribution >= 0.6 is 12.4 Å². The molecule has 2 N–H and O–H groups in total. The Labute approximate surface area is 148 Å². The highest BCUT2D eigenvalue weighted by molar-refractivity contribution is 5.94. The molecule has 24 heavy (non-hydrogen) atoms. The van der Waals surface area contributed by atoms with Gasteiger partial charge in [0.05, 0.1) is 18.7 Å². The third-order valence-corrected chi connectivity index (χ3v) is 4.67. The molecule has 0 radical (unpaired) electrons. The lowest BCUT2D eigenvalue weighted by atomic mass is 9.93. The van der Waals surface area contributed by atoms with Crippen LogP contribution < -0.4 is 15.4 Å². The fourth-order valence-corrected chi connectivity index (χ4v) is 3.07. The van der Waals surface area contributed by atoms with Crippen molar-refractivity contribution in [3.63, 3.8) is 0 Å². The van der Waals surface area contributed by atoms with Crippen molar-refractivity contribution in [2.24, 2.45) is 11.8 Å². The number of anilines is 1. The van der Waals surface area contributed by atoms with Gasteiger partial charge in [0.1, 0.15) is 5.75 Å². The van der Waals surface area contributed by atoms with Gasteiger partial charge in [0.25, 0.3) is 0 Å². The minimum atomic E-state index is -0.0523. The first kappa shape index (κ1) is 18.5. The predicted molar refractivity (Wildman–Crippen MR) is 94.5 cm³/mol. The van der Waals surface area contributed by atoms with Crippen molar-refractivity contribution >= 4 is 29.9 Å². The Morgan fingerprint density at radius 3 is 2.42 bits per heavy atom. The van der Waals surface area contributed by atoms with Crippen molar-refractivity contribution in [1.82, 2.24) is 10.2 Å². The molecule has 2 fully saturated rings. The number of halogens is 1. The Kier molecular flexibility index (Phi) is 6.45. The molecule has 132 valence electrons. The molecule has 0 unspecified atom stereocenters. The highest BCUT2D eigenvalue weighted by Gasteiger charge is 2.33. The van der Waals surface area contributed by atoms with Gasteiger partial charge in [-0.2, -0.15) is 0 Å². The molecule has 1 aromatic carbocycles. The van der Waals surface area contributed by atoms with Crippen molar-refractivity contribution in [2.45, 2.75) is 12.8 Å². The molecule has 6 nitrogen and oxygen atoms in total. The van der Waals surface area contributed by atoms with Gasteiger partial charge in [0.15, 0.2) is 0 Å². The average molecular weight is 354 g/mol.